The molecular weight excluding hydrogens is 360 g/mol. The number of hydrogen-bond acceptors (Lipinski definition) is 5. The van der Waals surface area contributed by atoms with E-state index in [1.165, 1.54) is 11.8 Å². The van der Waals surface area contributed by atoms with Crippen LogP contribution in [0, 0.1) is 0 Å². The molecule has 1 aromatic carbocycles. The molecule has 1 aromatic heterocycles. The number of amides is 1. The molecule has 1 aliphatic rings. The number of aromatic nitrogens is 1. The van der Waals surface area contributed by atoms with Crippen molar-refractivity contribution in [1.29, 1.82) is 0 Å². The third-order valence-electron chi connectivity index (χ3n) is 4.44. The van der Waals surface area contributed by atoms with Crippen molar-refractivity contribution in [1.82, 2.24) is 10.3 Å². The van der Waals surface area contributed by atoms with Gasteiger partial charge in [-0.3, -0.25) is 14.6 Å². The van der Waals surface area contributed by atoms with E-state index >= 15 is 0 Å². The summed E-state index contributed by atoms with van der Waals surface area (Å²) in [6.45, 7) is 7.69. The first-order valence-corrected chi connectivity index (χ1v) is 9.60. The molecule has 5 nitrogen and oxygen atoms in total. The van der Waals surface area contributed by atoms with E-state index in [0.717, 1.165) is 17.5 Å². The Morgan fingerprint density at radius 2 is 1.93 bits per heavy atom. The summed E-state index contributed by atoms with van der Waals surface area (Å²) in [6.07, 6.45) is 3.20. The van der Waals surface area contributed by atoms with E-state index in [1.807, 2.05) is 44.2 Å². The summed E-state index contributed by atoms with van der Waals surface area (Å²) in [5.74, 6) is 0.423. The Hall–Kier alpha value is -2.60. The number of hydrogen-bond donors (Lipinski definition) is 1. The molecule has 0 radical (unpaired) electrons. The van der Waals surface area contributed by atoms with Crippen LogP contribution < -0.4 is 10.1 Å². The van der Waals surface area contributed by atoms with E-state index in [0.29, 0.717) is 22.9 Å². The van der Waals surface area contributed by atoms with Crippen molar-refractivity contribution >= 4 is 23.5 Å². The molecule has 6 heteroatoms. The molecule has 140 valence electrons. The second-order valence-corrected chi connectivity index (χ2v) is 8.25. The maximum atomic E-state index is 12.2. The molecule has 0 aliphatic carbocycles. The van der Waals surface area contributed by atoms with Gasteiger partial charge in [-0.15, -0.1) is 0 Å². The fourth-order valence-electron chi connectivity index (χ4n) is 2.83. The zero-order chi connectivity index (χ0) is 19.4. The van der Waals surface area contributed by atoms with Crippen molar-refractivity contribution in [3.63, 3.8) is 0 Å². The van der Waals surface area contributed by atoms with E-state index in [-0.39, 0.29) is 18.3 Å². The molecule has 1 fully saturated rings. The Labute approximate surface area is 163 Å². The summed E-state index contributed by atoms with van der Waals surface area (Å²) in [5.41, 5.74) is 2.51. The number of carbonyl (C=O) groups is 2. The lowest BCUT2D eigenvalue weighted by Crippen LogP contribution is -2.35. The summed E-state index contributed by atoms with van der Waals surface area (Å²) < 4.78 is 5.03. The highest BCUT2D eigenvalue weighted by Crippen LogP contribution is 2.38. The lowest BCUT2D eigenvalue weighted by Gasteiger charge is -2.19. The van der Waals surface area contributed by atoms with Crippen LogP contribution in [0.4, 0.5) is 0 Å². The highest BCUT2D eigenvalue weighted by atomic mass is 32.2. The van der Waals surface area contributed by atoms with E-state index < -0.39 is 4.75 Å². The molecule has 0 unspecified atom stereocenters. The molecular formula is C21H22N2O3S. The molecule has 0 saturated carbocycles. The molecule has 2 aromatic rings. The minimum atomic E-state index is -0.550. The van der Waals surface area contributed by atoms with Crippen molar-refractivity contribution in [3.8, 4) is 5.75 Å². The summed E-state index contributed by atoms with van der Waals surface area (Å²) in [7, 11) is 0. The Bertz CT molecular complexity index is 862. The minimum absolute atomic E-state index is 0.0231. The number of pyridine rings is 1. The molecule has 1 N–H and O–H groups in total. The third kappa shape index (κ3) is 4.57. The molecule has 2 heterocycles. The lowest BCUT2D eigenvalue weighted by atomic mass is 9.99. The number of nitrogens with zero attached hydrogens (tertiary/aromatic N) is 1. The van der Waals surface area contributed by atoms with Crippen molar-refractivity contribution in [3.05, 3.63) is 71.0 Å². The molecule has 0 bridgehead atoms. The van der Waals surface area contributed by atoms with Gasteiger partial charge in [-0.05, 0) is 49.1 Å². The number of aryl methyl sites for hydroxylation is 1. The average Bonchev–Trinajstić information content (AvgIpc) is 2.92. The predicted molar refractivity (Wildman–Crippen MR) is 107 cm³/mol. The number of ketones is 1. The Balaban J connectivity index is 1.56. The molecule has 1 atom stereocenters. The fraction of sp³-hybridized carbons (Fsp3) is 0.286. The maximum Gasteiger partial charge on any atom is 0.241 e. The van der Waals surface area contributed by atoms with Crippen LogP contribution in [0.15, 0.2) is 54.2 Å². The highest BCUT2D eigenvalue weighted by molar-refractivity contribution is 8.05. The highest BCUT2D eigenvalue weighted by Gasteiger charge is 2.40. The van der Waals surface area contributed by atoms with Gasteiger partial charge in [0.15, 0.2) is 6.61 Å². The van der Waals surface area contributed by atoms with E-state index in [9.17, 15) is 9.59 Å². The average molecular weight is 382 g/mol. The molecule has 1 aliphatic heterocycles. The van der Waals surface area contributed by atoms with Crippen molar-refractivity contribution < 1.29 is 14.3 Å². The van der Waals surface area contributed by atoms with Gasteiger partial charge in [0.2, 0.25) is 11.7 Å². The van der Waals surface area contributed by atoms with Crippen LogP contribution >= 0.6 is 11.8 Å². The normalized spacial score (nSPS) is 19.0. The number of Topliss-reactive ketones (excluding diaryl/α,β-unsaturated/α-hetero) is 1. The van der Waals surface area contributed by atoms with Gasteiger partial charge >= 0.3 is 0 Å². The van der Waals surface area contributed by atoms with Gasteiger partial charge in [0, 0.05) is 6.20 Å². The van der Waals surface area contributed by atoms with E-state index in [4.69, 9.17) is 4.74 Å². The van der Waals surface area contributed by atoms with E-state index in [1.54, 1.807) is 12.3 Å². The minimum Gasteiger partial charge on any atom is -0.485 e. The summed E-state index contributed by atoms with van der Waals surface area (Å²) in [6, 6.07) is 11.1. The van der Waals surface area contributed by atoms with Crippen LogP contribution in [0.2, 0.25) is 0 Å². The summed E-state index contributed by atoms with van der Waals surface area (Å²) in [5, 5.41) is 3.44. The van der Waals surface area contributed by atoms with Crippen LogP contribution in [0.1, 0.15) is 35.5 Å². The number of ether oxygens (including phenoxy) is 1. The second kappa shape index (κ2) is 7.96. The largest absolute Gasteiger partial charge is 0.485 e. The Morgan fingerprint density at radius 3 is 2.48 bits per heavy atom. The van der Waals surface area contributed by atoms with Crippen LogP contribution in [-0.2, 0) is 17.6 Å². The molecule has 3 rings (SSSR count). The lowest BCUT2D eigenvalue weighted by molar-refractivity contribution is -0.121. The SMILES string of the molecule is C=C1NC(=O)[C@](C)(Cc2ccc(OCC(=O)c3ccc(CC)cn3)cc2)S1. The van der Waals surface area contributed by atoms with Crippen LogP contribution in [0.25, 0.3) is 0 Å². The molecule has 1 amide bonds. The van der Waals surface area contributed by atoms with Gasteiger partial charge in [-0.25, -0.2) is 0 Å². The predicted octanol–water partition coefficient (Wildman–Crippen LogP) is 3.54. The summed E-state index contributed by atoms with van der Waals surface area (Å²) >= 11 is 1.45. The molecule has 1 saturated heterocycles. The van der Waals surface area contributed by atoms with Crippen LogP contribution in [0.3, 0.4) is 0 Å². The standard InChI is InChI=1S/C21H22N2O3S/c1-4-15-7-10-18(22-12-15)19(24)13-26-17-8-5-16(6-9-17)11-21(3)20(25)23-14(2)27-21/h5-10,12H,2,4,11,13H2,1,3H3,(H,23,25)/t21-/m0/s1. The quantitative estimate of drug-likeness (QED) is 0.742. The monoisotopic (exact) mass is 382 g/mol. The van der Waals surface area contributed by atoms with Gasteiger partial charge in [-0.1, -0.05) is 43.5 Å². The topological polar surface area (TPSA) is 68.3 Å². The van der Waals surface area contributed by atoms with Gasteiger partial charge in [-0.2, -0.15) is 0 Å². The Morgan fingerprint density at radius 1 is 1.22 bits per heavy atom. The van der Waals surface area contributed by atoms with Crippen molar-refractivity contribution in [2.24, 2.45) is 0 Å². The van der Waals surface area contributed by atoms with Gasteiger partial charge in [0.1, 0.15) is 16.2 Å². The van der Waals surface area contributed by atoms with Gasteiger partial charge in [0.25, 0.3) is 0 Å². The van der Waals surface area contributed by atoms with Crippen molar-refractivity contribution in [2.45, 2.75) is 31.4 Å². The number of rotatable bonds is 7. The first-order valence-electron chi connectivity index (χ1n) is 8.79. The number of thioether (sulfide) groups is 1. The van der Waals surface area contributed by atoms with Gasteiger partial charge < -0.3 is 10.1 Å². The first kappa shape index (κ1) is 19.2. The van der Waals surface area contributed by atoms with Crippen molar-refractivity contribution in [2.75, 3.05) is 6.61 Å². The second-order valence-electron chi connectivity index (χ2n) is 6.65. The third-order valence-corrected chi connectivity index (χ3v) is 5.56. The zero-order valence-corrected chi connectivity index (χ0v) is 16.3. The smallest absolute Gasteiger partial charge is 0.241 e. The number of nitrogens with one attached hydrogen (secondary N) is 1. The first-order chi connectivity index (χ1) is 12.9. The summed E-state index contributed by atoms with van der Waals surface area (Å²) in [4.78, 5) is 28.4. The van der Waals surface area contributed by atoms with E-state index in [2.05, 4.69) is 16.9 Å². The van der Waals surface area contributed by atoms with Gasteiger partial charge in [0.05, 0.1) is 5.03 Å². The number of benzene rings is 1. The van der Waals surface area contributed by atoms with Crippen LogP contribution in [-0.4, -0.2) is 28.0 Å². The number of carbonyl (C=O) groups excluding carboxylic acids is 2. The Kier molecular flexibility index (Phi) is 5.65. The fourth-order valence-corrected chi connectivity index (χ4v) is 3.90. The van der Waals surface area contributed by atoms with Crippen LogP contribution in [0.5, 0.6) is 5.75 Å². The maximum absolute atomic E-state index is 12.2. The zero-order valence-electron chi connectivity index (χ0n) is 15.5. The molecule has 27 heavy (non-hydrogen) atoms. The molecule has 0 spiro atoms.